The van der Waals surface area contributed by atoms with Crippen LogP contribution in [0.2, 0.25) is 0 Å². The van der Waals surface area contributed by atoms with Gasteiger partial charge in [0, 0.05) is 23.6 Å². The Hall–Kier alpha value is -0.700. The first-order chi connectivity index (χ1) is 7.74. The molecule has 1 aliphatic rings. The maximum Gasteiger partial charge on any atom is 0.0605 e. The first-order valence-electron chi connectivity index (χ1n) is 6.08. The Balaban J connectivity index is 2.54. The van der Waals surface area contributed by atoms with Crippen molar-refractivity contribution in [3.8, 4) is 0 Å². The van der Waals surface area contributed by atoms with E-state index >= 15 is 0 Å². The van der Waals surface area contributed by atoms with Crippen LogP contribution in [0.5, 0.6) is 0 Å². The van der Waals surface area contributed by atoms with Gasteiger partial charge in [-0.05, 0) is 29.9 Å². The summed E-state index contributed by atoms with van der Waals surface area (Å²) in [4.78, 5) is 5.39. The normalized spacial score (nSPS) is 20.1. The zero-order valence-electron chi connectivity index (χ0n) is 11.3. The van der Waals surface area contributed by atoms with E-state index < -0.39 is 10.8 Å². The zero-order chi connectivity index (χ0) is 12.8. The molecular weight excluding hydrogens is 230 g/mol. The van der Waals surface area contributed by atoms with Crippen molar-refractivity contribution in [2.45, 2.75) is 56.3 Å². The van der Waals surface area contributed by atoms with Crippen LogP contribution in [0.15, 0.2) is 17.2 Å². The highest BCUT2D eigenvalue weighted by molar-refractivity contribution is 7.84. The van der Waals surface area contributed by atoms with Crippen molar-refractivity contribution in [2.24, 2.45) is 0 Å². The highest BCUT2D eigenvalue weighted by Gasteiger charge is 2.41. The SMILES string of the molecule is CS(=O)c1cnc(C2(C)CC2)cc1C(C)(C)C. The molecule has 1 fully saturated rings. The molecule has 0 N–H and O–H groups in total. The van der Waals surface area contributed by atoms with Gasteiger partial charge in [0.15, 0.2) is 0 Å². The average Bonchev–Trinajstić information content (AvgIpc) is 2.95. The van der Waals surface area contributed by atoms with Crippen LogP contribution >= 0.6 is 0 Å². The Morgan fingerprint density at radius 1 is 1.35 bits per heavy atom. The molecule has 94 valence electrons. The molecule has 0 radical (unpaired) electrons. The van der Waals surface area contributed by atoms with Crippen LogP contribution in [0.3, 0.4) is 0 Å². The van der Waals surface area contributed by atoms with Crippen LogP contribution in [-0.2, 0) is 21.6 Å². The lowest BCUT2D eigenvalue weighted by molar-refractivity contribution is 0.568. The molecule has 1 aromatic heterocycles. The molecular formula is C14H21NOS. The summed E-state index contributed by atoms with van der Waals surface area (Å²) in [7, 11) is -0.964. The van der Waals surface area contributed by atoms with Crippen LogP contribution in [0, 0.1) is 0 Å². The second kappa shape index (κ2) is 3.91. The Bertz CT molecular complexity index is 470. The van der Waals surface area contributed by atoms with E-state index in [-0.39, 0.29) is 10.8 Å². The van der Waals surface area contributed by atoms with Gasteiger partial charge in [0.1, 0.15) is 0 Å². The lowest BCUT2D eigenvalue weighted by Crippen LogP contribution is -2.17. The van der Waals surface area contributed by atoms with E-state index in [2.05, 4.69) is 38.7 Å². The van der Waals surface area contributed by atoms with Crippen molar-refractivity contribution in [3.63, 3.8) is 0 Å². The molecule has 1 saturated carbocycles. The van der Waals surface area contributed by atoms with Gasteiger partial charge in [-0.25, -0.2) is 0 Å². The molecule has 1 unspecified atom stereocenters. The van der Waals surface area contributed by atoms with Gasteiger partial charge in [0.25, 0.3) is 0 Å². The van der Waals surface area contributed by atoms with E-state index in [0.717, 1.165) is 10.6 Å². The van der Waals surface area contributed by atoms with E-state index in [1.807, 2.05) is 6.20 Å². The number of aromatic nitrogens is 1. The summed E-state index contributed by atoms with van der Waals surface area (Å²) in [6, 6.07) is 2.17. The van der Waals surface area contributed by atoms with Gasteiger partial charge in [-0.1, -0.05) is 27.7 Å². The topological polar surface area (TPSA) is 30.0 Å². The number of pyridine rings is 1. The van der Waals surface area contributed by atoms with Crippen LogP contribution in [0.25, 0.3) is 0 Å². The van der Waals surface area contributed by atoms with Crippen molar-refractivity contribution in [2.75, 3.05) is 6.26 Å². The van der Waals surface area contributed by atoms with Crippen LogP contribution in [0.1, 0.15) is 51.8 Å². The molecule has 2 nitrogen and oxygen atoms in total. The number of hydrogen-bond donors (Lipinski definition) is 0. The van der Waals surface area contributed by atoms with Gasteiger partial charge in [-0.3, -0.25) is 9.19 Å². The quantitative estimate of drug-likeness (QED) is 0.808. The molecule has 0 amide bonds. The largest absolute Gasteiger partial charge is 0.259 e. The summed E-state index contributed by atoms with van der Waals surface area (Å²) >= 11 is 0. The molecule has 0 bridgehead atoms. The van der Waals surface area contributed by atoms with Crippen molar-refractivity contribution in [1.82, 2.24) is 4.98 Å². The summed E-state index contributed by atoms with van der Waals surface area (Å²) in [5.41, 5.74) is 2.63. The number of nitrogens with zero attached hydrogens (tertiary/aromatic N) is 1. The lowest BCUT2D eigenvalue weighted by Gasteiger charge is -2.23. The first-order valence-corrected chi connectivity index (χ1v) is 7.64. The Labute approximate surface area is 106 Å². The van der Waals surface area contributed by atoms with E-state index in [1.165, 1.54) is 18.4 Å². The molecule has 17 heavy (non-hydrogen) atoms. The van der Waals surface area contributed by atoms with Gasteiger partial charge in [-0.2, -0.15) is 0 Å². The highest BCUT2D eigenvalue weighted by Crippen LogP contribution is 2.47. The molecule has 1 heterocycles. The average molecular weight is 251 g/mol. The molecule has 0 aromatic carbocycles. The number of rotatable bonds is 2. The van der Waals surface area contributed by atoms with Gasteiger partial charge < -0.3 is 0 Å². The molecule has 3 heteroatoms. The number of hydrogen-bond acceptors (Lipinski definition) is 2. The molecule has 1 atom stereocenters. The van der Waals surface area contributed by atoms with E-state index in [4.69, 9.17) is 0 Å². The lowest BCUT2D eigenvalue weighted by atomic mass is 9.86. The molecule has 0 saturated heterocycles. The van der Waals surface area contributed by atoms with Gasteiger partial charge in [0.2, 0.25) is 0 Å². The third-order valence-corrected chi connectivity index (χ3v) is 4.55. The van der Waals surface area contributed by atoms with Gasteiger partial charge in [0.05, 0.1) is 15.7 Å². The summed E-state index contributed by atoms with van der Waals surface area (Å²) in [5, 5.41) is 0. The molecule has 0 spiro atoms. The fourth-order valence-corrected chi connectivity index (χ4v) is 2.91. The maximum absolute atomic E-state index is 11.8. The fourth-order valence-electron chi connectivity index (χ4n) is 2.03. The van der Waals surface area contributed by atoms with Crippen LogP contribution < -0.4 is 0 Å². The third-order valence-electron chi connectivity index (χ3n) is 3.60. The van der Waals surface area contributed by atoms with Gasteiger partial charge in [-0.15, -0.1) is 0 Å². The van der Waals surface area contributed by atoms with Gasteiger partial charge >= 0.3 is 0 Å². The zero-order valence-corrected chi connectivity index (χ0v) is 12.1. The standard InChI is InChI=1S/C14H21NOS/c1-13(2,3)10-8-12(14(4)6-7-14)15-9-11(10)17(5)16/h8-9H,6-7H2,1-5H3. The first kappa shape index (κ1) is 12.7. The molecule has 1 aliphatic carbocycles. The predicted molar refractivity (Wildman–Crippen MR) is 71.9 cm³/mol. The van der Waals surface area contributed by atoms with E-state index in [0.29, 0.717) is 0 Å². The maximum atomic E-state index is 11.8. The fraction of sp³-hybridized carbons (Fsp3) is 0.643. The summed E-state index contributed by atoms with van der Waals surface area (Å²) in [6.07, 6.45) is 5.98. The minimum Gasteiger partial charge on any atom is -0.259 e. The third kappa shape index (κ3) is 2.44. The van der Waals surface area contributed by atoms with Crippen molar-refractivity contribution in [3.05, 3.63) is 23.5 Å². The highest BCUT2D eigenvalue weighted by atomic mass is 32.2. The van der Waals surface area contributed by atoms with E-state index in [1.54, 1.807) is 6.26 Å². The van der Waals surface area contributed by atoms with Crippen molar-refractivity contribution in [1.29, 1.82) is 0 Å². The minimum absolute atomic E-state index is 0.0178. The summed E-state index contributed by atoms with van der Waals surface area (Å²) < 4.78 is 11.8. The molecule has 2 rings (SSSR count). The van der Waals surface area contributed by atoms with Crippen molar-refractivity contribution < 1.29 is 4.21 Å². The smallest absolute Gasteiger partial charge is 0.0605 e. The predicted octanol–water partition coefficient (Wildman–Crippen LogP) is 3.17. The molecule has 0 aliphatic heterocycles. The van der Waals surface area contributed by atoms with Crippen molar-refractivity contribution >= 4 is 10.8 Å². The minimum atomic E-state index is -0.964. The van der Waals surface area contributed by atoms with Crippen LogP contribution in [-0.4, -0.2) is 15.4 Å². The van der Waals surface area contributed by atoms with E-state index in [9.17, 15) is 4.21 Å². The Morgan fingerprint density at radius 3 is 2.35 bits per heavy atom. The van der Waals surface area contributed by atoms with Crippen LogP contribution in [0.4, 0.5) is 0 Å². The Kier molecular flexibility index (Phi) is 2.93. The second-order valence-electron chi connectivity index (χ2n) is 6.33. The Morgan fingerprint density at radius 2 is 1.94 bits per heavy atom. The summed E-state index contributed by atoms with van der Waals surface area (Å²) in [6.45, 7) is 8.75. The monoisotopic (exact) mass is 251 g/mol. The summed E-state index contributed by atoms with van der Waals surface area (Å²) in [5.74, 6) is 0. The second-order valence-corrected chi connectivity index (χ2v) is 7.68. The molecule has 1 aromatic rings.